The van der Waals surface area contributed by atoms with Crippen molar-refractivity contribution in [2.45, 2.75) is 20.4 Å². The summed E-state index contributed by atoms with van der Waals surface area (Å²) < 4.78 is 1.59. The van der Waals surface area contributed by atoms with Gasteiger partial charge in [0.15, 0.2) is 5.69 Å². The SMILES string of the molecule is CCn1cc(N)c(C(=O)Nc2cc(Cl)c(C)cc2Cl)n1. The van der Waals surface area contributed by atoms with Gasteiger partial charge in [-0.1, -0.05) is 23.2 Å². The average Bonchev–Trinajstić information content (AvgIpc) is 2.77. The third-order valence-corrected chi connectivity index (χ3v) is 3.55. The van der Waals surface area contributed by atoms with E-state index in [0.29, 0.717) is 28.0 Å². The van der Waals surface area contributed by atoms with Gasteiger partial charge in [-0.3, -0.25) is 9.48 Å². The van der Waals surface area contributed by atoms with Crippen molar-refractivity contribution in [3.05, 3.63) is 39.6 Å². The Hall–Kier alpha value is -1.72. The van der Waals surface area contributed by atoms with Crippen LogP contribution in [0.3, 0.4) is 0 Å². The van der Waals surface area contributed by atoms with Crippen molar-refractivity contribution in [3.63, 3.8) is 0 Å². The molecule has 106 valence electrons. The molecule has 0 saturated heterocycles. The van der Waals surface area contributed by atoms with Crippen LogP contribution in [0.25, 0.3) is 0 Å². The molecule has 5 nitrogen and oxygen atoms in total. The lowest BCUT2D eigenvalue weighted by atomic mass is 10.2. The highest BCUT2D eigenvalue weighted by atomic mass is 35.5. The lowest BCUT2D eigenvalue weighted by Gasteiger charge is -2.08. The molecule has 0 saturated carbocycles. The lowest BCUT2D eigenvalue weighted by Crippen LogP contribution is -2.15. The number of carbonyl (C=O) groups excluding carboxylic acids is 1. The minimum absolute atomic E-state index is 0.166. The number of halogens is 2. The average molecular weight is 313 g/mol. The second-order valence-corrected chi connectivity index (χ2v) is 5.14. The molecule has 0 aliphatic heterocycles. The molecule has 1 heterocycles. The van der Waals surface area contributed by atoms with E-state index in [9.17, 15) is 4.79 Å². The molecule has 0 spiro atoms. The maximum absolute atomic E-state index is 12.1. The highest BCUT2D eigenvalue weighted by Crippen LogP contribution is 2.29. The molecule has 0 aliphatic rings. The van der Waals surface area contributed by atoms with Crippen LogP contribution in [0, 0.1) is 6.92 Å². The fourth-order valence-corrected chi connectivity index (χ4v) is 2.13. The van der Waals surface area contributed by atoms with Crippen molar-refractivity contribution in [1.82, 2.24) is 9.78 Å². The number of aryl methyl sites for hydroxylation is 2. The van der Waals surface area contributed by atoms with Gasteiger partial charge in [-0.2, -0.15) is 5.10 Å². The Kier molecular flexibility index (Phi) is 4.20. The summed E-state index contributed by atoms with van der Waals surface area (Å²) >= 11 is 12.1. The van der Waals surface area contributed by atoms with Crippen LogP contribution in [0.5, 0.6) is 0 Å². The van der Waals surface area contributed by atoms with E-state index >= 15 is 0 Å². The highest BCUT2D eigenvalue weighted by Gasteiger charge is 2.16. The number of anilines is 2. The van der Waals surface area contributed by atoms with Crippen LogP contribution in [0.4, 0.5) is 11.4 Å². The van der Waals surface area contributed by atoms with Gasteiger partial charge in [0.05, 0.1) is 16.4 Å². The fraction of sp³-hybridized carbons (Fsp3) is 0.231. The summed E-state index contributed by atoms with van der Waals surface area (Å²) in [7, 11) is 0. The number of aromatic nitrogens is 2. The van der Waals surface area contributed by atoms with E-state index in [4.69, 9.17) is 28.9 Å². The van der Waals surface area contributed by atoms with Crippen LogP contribution in [-0.4, -0.2) is 15.7 Å². The first-order chi connectivity index (χ1) is 9.42. The number of rotatable bonds is 3. The van der Waals surface area contributed by atoms with Crippen LogP contribution in [-0.2, 0) is 6.54 Å². The fourth-order valence-electron chi connectivity index (χ4n) is 1.70. The van der Waals surface area contributed by atoms with Crippen molar-refractivity contribution in [2.75, 3.05) is 11.1 Å². The molecule has 1 aromatic carbocycles. The Morgan fingerprint density at radius 2 is 2.10 bits per heavy atom. The summed E-state index contributed by atoms with van der Waals surface area (Å²) in [5.74, 6) is -0.420. The van der Waals surface area contributed by atoms with E-state index in [-0.39, 0.29) is 5.69 Å². The summed E-state index contributed by atoms with van der Waals surface area (Å²) in [6.07, 6.45) is 1.61. The molecular formula is C13H14Cl2N4O. The van der Waals surface area contributed by atoms with E-state index in [0.717, 1.165) is 5.56 Å². The first-order valence-corrected chi connectivity index (χ1v) is 6.78. The van der Waals surface area contributed by atoms with E-state index in [1.54, 1.807) is 23.0 Å². The number of nitrogens with two attached hydrogens (primary N) is 1. The second-order valence-electron chi connectivity index (χ2n) is 4.32. The standard InChI is InChI=1S/C13H14Cl2N4O/c1-3-19-6-10(16)12(18-19)13(20)17-11-5-8(14)7(2)4-9(11)15/h4-6H,3,16H2,1-2H3,(H,17,20). The summed E-state index contributed by atoms with van der Waals surface area (Å²) in [6, 6.07) is 3.29. The Morgan fingerprint density at radius 3 is 2.70 bits per heavy atom. The van der Waals surface area contributed by atoms with Crippen LogP contribution in [0.1, 0.15) is 23.0 Å². The zero-order valence-corrected chi connectivity index (χ0v) is 12.6. The highest BCUT2D eigenvalue weighted by molar-refractivity contribution is 6.36. The van der Waals surface area contributed by atoms with Gasteiger partial charge >= 0.3 is 0 Å². The summed E-state index contributed by atoms with van der Waals surface area (Å²) in [5, 5.41) is 7.69. The van der Waals surface area contributed by atoms with Crippen LogP contribution < -0.4 is 11.1 Å². The Balaban J connectivity index is 2.27. The number of nitrogens with one attached hydrogen (secondary N) is 1. The molecule has 0 radical (unpaired) electrons. The molecule has 0 fully saturated rings. The van der Waals surface area contributed by atoms with Gasteiger partial charge in [-0.05, 0) is 31.5 Å². The van der Waals surface area contributed by atoms with Crippen molar-refractivity contribution in [2.24, 2.45) is 0 Å². The number of carbonyl (C=O) groups is 1. The molecule has 0 unspecified atom stereocenters. The number of amides is 1. The summed E-state index contributed by atoms with van der Waals surface area (Å²) in [5.41, 5.74) is 7.51. The van der Waals surface area contributed by atoms with Gasteiger partial charge in [-0.25, -0.2) is 0 Å². The zero-order chi connectivity index (χ0) is 14.9. The number of nitrogens with zero attached hydrogens (tertiary/aromatic N) is 2. The third-order valence-electron chi connectivity index (χ3n) is 2.83. The third kappa shape index (κ3) is 2.89. The monoisotopic (exact) mass is 312 g/mol. The second kappa shape index (κ2) is 5.73. The molecule has 2 rings (SSSR count). The molecule has 3 N–H and O–H groups in total. The molecular weight excluding hydrogens is 299 g/mol. The van der Waals surface area contributed by atoms with E-state index < -0.39 is 5.91 Å². The largest absolute Gasteiger partial charge is 0.396 e. The molecule has 20 heavy (non-hydrogen) atoms. The van der Waals surface area contributed by atoms with E-state index in [1.807, 2.05) is 13.8 Å². The molecule has 7 heteroatoms. The molecule has 0 atom stereocenters. The number of nitrogen functional groups attached to an aromatic ring is 1. The van der Waals surface area contributed by atoms with Gasteiger partial charge in [0.2, 0.25) is 0 Å². The first-order valence-electron chi connectivity index (χ1n) is 6.02. The molecule has 0 bridgehead atoms. The lowest BCUT2D eigenvalue weighted by molar-refractivity contribution is 0.102. The topological polar surface area (TPSA) is 72.9 Å². The molecule has 1 aromatic heterocycles. The predicted molar refractivity (Wildman–Crippen MR) is 81.5 cm³/mol. The molecule has 2 aromatic rings. The normalized spacial score (nSPS) is 10.6. The van der Waals surface area contributed by atoms with Crippen molar-refractivity contribution >= 4 is 40.5 Å². The number of benzene rings is 1. The van der Waals surface area contributed by atoms with Gasteiger partial charge in [0.1, 0.15) is 0 Å². The summed E-state index contributed by atoms with van der Waals surface area (Å²) in [6.45, 7) is 4.38. The molecule has 1 amide bonds. The zero-order valence-electron chi connectivity index (χ0n) is 11.1. The Bertz CT molecular complexity index is 667. The maximum atomic E-state index is 12.1. The van der Waals surface area contributed by atoms with Crippen molar-refractivity contribution in [3.8, 4) is 0 Å². The summed E-state index contributed by atoms with van der Waals surface area (Å²) in [4.78, 5) is 12.1. The van der Waals surface area contributed by atoms with Gasteiger partial charge in [-0.15, -0.1) is 0 Å². The van der Waals surface area contributed by atoms with Gasteiger partial charge in [0, 0.05) is 17.8 Å². The predicted octanol–water partition coefficient (Wildman–Crippen LogP) is 3.35. The minimum atomic E-state index is -0.420. The Labute approximate surface area is 126 Å². The molecule has 0 aliphatic carbocycles. The Morgan fingerprint density at radius 1 is 1.40 bits per heavy atom. The number of hydrogen-bond acceptors (Lipinski definition) is 3. The number of hydrogen-bond donors (Lipinski definition) is 2. The smallest absolute Gasteiger partial charge is 0.278 e. The van der Waals surface area contributed by atoms with Crippen LogP contribution >= 0.6 is 23.2 Å². The quantitative estimate of drug-likeness (QED) is 0.912. The van der Waals surface area contributed by atoms with Crippen LogP contribution in [0.15, 0.2) is 18.3 Å². The van der Waals surface area contributed by atoms with Gasteiger partial charge in [0.25, 0.3) is 5.91 Å². The van der Waals surface area contributed by atoms with E-state index in [1.165, 1.54) is 0 Å². The van der Waals surface area contributed by atoms with Crippen LogP contribution in [0.2, 0.25) is 10.0 Å². The maximum Gasteiger partial charge on any atom is 0.278 e. The van der Waals surface area contributed by atoms with Crippen molar-refractivity contribution < 1.29 is 4.79 Å². The first kappa shape index (κ1) is 14.7. The van der Waals surface area contributed by atoms with Crippen molar-refractivity contribution in [1.29, 1.82) is 0 Å². The minimum Gasteiger partial charge on any atom is -0.396 e. The van der Waals surface area contributed by atoms with Gasteiger partial charge < -0.3 is 11.1 Å². The van der Waals surface area contributed by atoms with E-state index in [2.05, 4.69) is 10.4 Å².